The van der Waals surface area contributed by atoms with Crippen LogP contribution in [0.4, 0.5) is 11.8 Å². The van der Waals surface area contributed by atoms with Crippen molar-refractivity contribution in [3.8, 4) is 0 Å². The van der Waals surface area contributed by atoms with Crippen LogP contribution in [0.3, 0.4) is 0 Å². The summed E-state index contributed by atoms with van der Waals surface area (Å²) < 4.78 is 0. The minimum Gasteiger partial charge on any atom is -0.354 e. The van der Waals surface area contributed by atoms with Crippen molar-refractivity contribution in [1.82, 2.24) is 16.1 Å². The molecule has 6 nitrogen and oxygen atoms in total. The van der Waals surface area contributed by atoms with Crippen LogP contribution in [0.1, 0.15) is 46.7 Å². The third-order valence-corrected chi connectivity index (χ3v) is 2.54. The largest absolute Gasteiger partial charge is 0.354 e. The second-order valence-corrected chi connectivity index (χ2v) is 5.55. The number of anilines is 2. The molecule has 0 aliphatic rings. The summed E-state index contributed by atoms with van der Waals surface area (Å²) in [6.07, 6.45) is 1.88. The number of aromatic nitrogens is 2. The van der Waals surface area contributed by atoms with E-state index in [1.54, 1.807) is 0 Å². The lowest BCUT2D eigenvalue weighted by molar-refractivity contribution is -0.123. The highest BCUT2D eigenvalue weighted by Gasteiger charge is 2.22. The number of carbonyl (C=O) groups is 1. The van der Waals surface area contributed by atoms with Crippen LogP contribution in [0.15, 0.2) is 6.07 Å². The number of hydrogen-bond donors (Lipinski definition) is 3. The zero-order valence-electron chi connectivity index (χ0n) is 13.2. The summed E-state index contributed by atoms with van der Waals surface area (Å²) in [4.78, 5) is 20.7. The molecule has 0 spiro atoms. The molecule has 1 rings (SSSR count). The standard InChI is InChI=1S/C14H24N4O.H3N/c1-6-8-10-9-11(17-12(19)14(3,4)5)18-13(16-10)15-7-2;/h9H,6-8H2,1-5H3,(H2,15,16,17,18,19);1H3. The van der Waals surface area contributed by atoms with Crippen LogP contribution < -0.4 is 16.8 Å². The maximum Gasteiger partial charge on any atom is 0.230 e. The van der Waals surface area contributed by atoms with Crippen LogP contribution in [0.25, 0.3) is 0 Å². The summed E-state index contributed by atoms with van der Waals surface area (Å²) in [5, 5.41) is 5.93. The fraction of sp³-hybridized carbons (Fsp3) is 0.643. The molecule has 0 fully saturated rings. The molecule has 0 atom stereocenters. The van der Waals surface area contributed by atoms with Gasteiger partial charge in [-0.2, -0.15) is 4.98 Å². The first-order valence-electron chi connectivity index (χ1n) is 6.80. The molecule has 6 heteroatoms. The van der Waals surface area contributed by atoms with Gasteiger partial charge in [0.2, 0.25) is 11.9 Å². The van der Waals surface area contributed by atoms with Crippen molar-refractivity contribution in [2.24, 2.45) is 5.41 Å². The first-order chi connectivity index (χ1) is 8.86. The van der Waals surface area contributed by atoms with E-state index in [4.69, 9.17) is 0 Å². The number of nitrogens with one attached hydrogen (secondary N) is 2. The lowest BCUT2D eigenvalue weighted by Crippen LogP contribution is -2.28. The van der Waals surface area contributed by atoms with E-state index in [2.05, 4.69) is 27.5 Å². The highest BCUT2D eigenvalue weighted by molar-refractivity contribution is 5.93. The van der Waals surface area contributed by atoms with Gasteiger partial charge in [-0.1, -0.05) is 34.1 Å². The molecule has 0 aliphatic heterocycles. The average molecular weight is 281 g/mol. The maximum atomic E-state index is 12.0. The Morgan fingerprint density at radius 2 is 1.90 bits per heavy atom. The Morgan fingerprint density at radius 1 is 1.25 bits per heavy atom. The van der Waals surface area contributed by atoms with Gasteiger partial charge >= 0.3 is 0 Å². The van der Waals surface area contributed by atoms with E-state index in [9.17, 15) is 4.79 Å². The average Bonchev–Trinajstić information content (AvgIpc) is 2.28. The number of rotatable bonds is 5. The van der Waals surface area contributed by atoms with Gasteiger partial charge in [0.15, 0.2) is 0 Å². The molecule has 0 radical (unpaired) electrons. The van der Waals surface area contributed by atoms with Gasteiger partial charge < -0.3 is 16.8 Å². The monoisotopic (exact) mass is 281 g/mol. The zero-order chi connectivity index (χ0) is 14.5. The van der Waals surface area contributed by atoms with Crippen molar-refractivity contribution in [3.05, 3.63) is 11.8 Å². The van der Waals surface area contributed by atoms with Crippen LogP contribution in [0.5, 0.6) is 0 Å². The molecule has 1 heterocycles. The third kappa shape index (κ3) is 5.52. The summed E-state index contributed by atoms with van der Waals surface area (Å²) in [5.41, 5.74) is 0.506. The molecule has 0 saturated carbocycles. The molecule has 5 N–H and O–H groups in total. The highest BCUT2D eigenvalue weighted by atomic mass is 16.2. The maximum absolute atomic E-state index is 12.0. The molecule has 1 amide bonds. The van der Waals surface area contributed by atoms with Crippen molar-refractivity contribution >= 4 is 17.7 Å². The Labute approximate surface area is 121 Å². The Bertz CT molecular complexity index is 415. The zero-order valence-corrected chi connectivity index (χ0v) is 13.2. The lowest BCUT2D eigenvalue weighted by Gasteiger charge is -2.17. The van der Waals surface area contributed by atoms with E-state index < -0.39 is 5.41 Å². The smallest absolute Gasteiger partial charge is 0.230 e. The van der Waals surface area contributed by atoms with E-state index >= 15 is 0 Å². The van der Waals surface area contributed by atoms with Crippen LogP contribution in [-0.4, -0.2) is 22.4 Å². The second kappa shape index (κ2) is 7.79. The second-order valence-electron chi connectivity index (χ2n) is 5.55. The van der Waals surface area contributed by atoms with Gasteiger partial charge in [-0.25, -0.2) is 4.98 Å². The predicted molar refractivity (Wildman–Crippen MR) is 83.3 cm³/mol. The summed E-state index contributed by atoms with van der Waals surface area (Å²) in [6, 6.07) is 1.84. The fourth-order valence-electron chi connectivity index (χ4n) is 1.49. The van der Waals surface area contributed by atoms with Gasteiger partial charge in [0, 0.05) is 23.7 Å². The van der Waals surface area contributed by atoms with Gasteiger partial charge in [0.1, 0.15) is 5.82 Å². The Morgan fingerprint density at radius 3 is 2.40 bits per heavy atom. The molecule has 20 heavy (non-hydrogen) atoms. The van der Waals surface area contributed by atoms with Crippen LogP contribution in [-0.2, 0) is 11.2 Å². The van der Waals surface area contributed by atoms with Gasteiger partial charge in [-0.05, 0) is 13.3 Å². The van der Waals surface area contributed by atoms with Crippen LogP contribution in [0.2, 0.25) is 0 Å². The first kappa shape index (κ1) is 18.3. The highest BCUT2D eigenvalue weighted by Crippen LogP contribution is 2.18. The molecular formula is C14H27N5O. The topological polar surface area (TPSA) is 102 Å². The predicted octanol–water partition coefficient (Wildman–Crippen LogP) is 3.01. The van der Waals surface area contributed by atoms with Crippen molar-refractivity contribution in [1.29, 1.82) is 0 Å². The molecule has 0 unspecified atom stereocenters. The van der Waals surface area contributed by atoms with Gasteiger partial charge in [0.25, 0.3) is 0 Å². The third-order valence-electron chi connectivity index (χ3n) is 2.54. The summed E-state index contributed by atoms with van der Waals surface area (Å²) in [5.74, 6) is 1.09. The number of nitrogens with zero attached hydrogens (tertiary/aromatic N) is 2. The number of carbonyl (C=O) groups excluding carboxylic acids is 1. The van der Waals surface area contributed by atoms with Crippen LogP contribution >= 0.6 is 0 Å². The molecular weight excluding hydrogens is 254 g/mol. The Kier molecular flexibility index (Phi) is 7.13. The molecule has 0 aromatic carbocycles. The van der Waals surface area contributed by atoms with E-state index in [-0.39, 0.29) is 12.1 Å². The first-order valence-corrected chi connectivity index (χ1v) is 6.80. The molecule has 0 saturated heterocycles. The van der Waals surface area contributed by atoms with E-state index in [0.717, 1.165) is 25.1 Å². The molecule has 1 aromatic rings. The molecule has 0 bridgehead atoms. The van der Waals surface area contributed by atoms with Gasteiger partial charge in [0.05, 0.1) is 0 Å². The Balaban J connectivity index is 0.00000361. The van der Waals surface area contributed by atoms with Crippen molar-refractivity contribution in [2.75, 3.05) is 17.2 Å². The van der Waals surface area contributed by atoms with Crippen molar-refractivity contribution in [2.45, 2.75) is 47.5 Å². The fourth-order valence-corrected chi connectivity index (χ4v) is 1.49. The quantitative estimate of drug-likeness (QED) is 0.770. The van der Waals surface area contributed by atoms with Crippen LogP contribution in [0, 0.1) is 5.41 Å². The molecule has 114 valence electrons. The number of amides is 1. The van der Waals surface area contributed by atoms with Crippen molar-refractivity contribution < 1.29 is 4.79 Å². The number of aryl methyl sites for hydroxylation is 1. The minimum atomic E-state index is -0.436. The SMILES string of the molecule is CCCc1cc(NC(=O)C(C)(C)C)nc(NCC)n1.N. The van der Waals surface area contributed by atoms with E-state index in [1.807, 2.05) is 33.8 Å². The minimum absolute atomic E-state index is 0. The normalized spacial score (nSPS) is 10.7. The summed E-state index contributed by atoms with van der Waals surface area (Å²) >= 11 is 0. The summed E-state index contributed by atoms with van der Waals surface area (Å²) in [6.45, 7) is 10.5. The van der Waals surface area contributed by atoms with Gasteiger partial charge in [-0.15, -0.1) is 0 Å². The van der Waals surface area contributed by atoms with Gasteiger partial charge in [-0.3, -0.25) is 4.79 Å². The lowest BCUT2D eigenvalue weighted by atomic mass is 9.96. The van der Waals surface area contributed by atoms with E-state index in [1.165, 1.54) is 0 Å². The number of hydrogen-bond acceptors (Lipinski definition) is 5. The molecule has 1 aromatic heterocycles. The van der Waals surface area contributed by atoms with Crippen molar-refractivity contribution in [3.63, 3.8) is 0 Å². The molecule has 0 aliphatic carbocycles. The Hall–Kier alpha value is -1.69. The van der Waals surface area contributed by atoms with E-state index in [0.29, 0.717) is 11.8 Å². The summed E-state index contributed by atoms with van der Waals surface area (Å²) in [7, 11) is 0.